The van der Waals surface area contributed by atoms with Crippen LogP contribution in [0.1, 0.15) is 20.3 Å². The van der Waals surface area contributed by atoms with E-state index in [0.29, 0.717) is 18.2 Å². The third-order valence-corrected chi connectivity index (χ3v) is 4.41. The molecule has 0 atom stereocenters. The van der Waals surface area contributed by atoms with Crippen LogP contribution >= 0.6 is 0 Å². The van der Waals surface area contributed by atoms with Crippen LogP contribution in [0, 0.1) is 5.92 Å². The smallest absolute Gasteiger partial charge is 0.319 e. The first-order valence-electron chi connectivity index (χ1n) is 7.34. The first-order valence-corrected chi connectivity index (χ1v) is 9.19. The van der Waals surface area contributed by atoms with E-state index in [2.05, 4.69) is 10.6 Å². The average Bonchev–Trinajstić information content (AvgIpc) is 2.42. The fourth-order valence-corrected chi connectivity index (χ4v) is 2.70. The minimum absolute atomic E-state index is 0.268. The van der Waals surface area contributed by atoms with E-state index < -0.39 is 10.0 Å². The molecular formula is C15H25N3O3S. The van der Waals surface area contributed by atoms with Crippen LogP contribution in [0.25, 0.3) is 0 Å². The summed E-state index contributed by atoms with van der Waals surface area (Å²) in [5, 5.41) is 5.35. The molecule has 0 fully saturated rings. The molecule has 0 saturated carbocycles. The minimum atomic E-state index is -3.26. The number of hydrogen-bond acceptors (Lipinski definition) is 3. The van der Waals surface area contributed by atoms with Gasteiger partial charge in [0.2, 0.25) is 10.0 Å². The molecule has 1 aromatic carbocycles. The number of nitrogens with one attached hydrogen (secondary N) is 2. The summed E-state index contributed by atoms with van der Waals surface area (Å²) >= 11 is 0. The number of benzene rings is 1. The van der Waals surface area contributed by atoms with Crippen molar-refractivity contribution in [2.75, 3.05) is 31.2 Å². The summed E-state index contributed by atoms with van der Waals surface area (Å²) in [6, 6.07) is 8.74. The Morgan fingerprint density at radius 1 is 1.18 bits per heavy atom. The zero-order valence-electron chi connectivity index (χ0n) is 13.4. The van der Waals surface area contributed by atoms with Gasteiger partial charge in [0.05, 0.1) is 6.26 Å². The van der Waals surface area contributed by atoms with Crippen molar-refractivity contribution in [3.05, 3.63) is 30.3 Å². The quantitative estimate of drug-likeness (QED) is 0.767. The number of carbonyl (C=O) groups is 1. The van der Waals surface area contributed by atoms with Crippen molar-refractivity contribution < 1.29 is 13.2 Å². The molecule has 7 heteroatoms. The zero-order chi connectivity index (χ0) is 16.6. The highest BCUT2D eigenvalue weighted by Gasteiger charge is 2.16. The lowest BCUT2D eigenvalue weighted by Gasteiger charge is -2.21. The van der Waals surface area contributed by atoms with Crippen LogP contribution in [0.15, 0.2) is 30.3 Å². The van der Waals surface area contributed by atoms with Gasteiger partial charge in [0, 0.05) is 25.3 Å². The first kappa shape index (κ1) is 18.4. The lowest BCUT2D eigenvalue weighted by Crippen LogP contribution is -2.40. The SMILES string of the molecule is CC(C)CCN(CCNC(=O)Nc1ccccc1)S(C)(=O)=O. The molecule has 0 aliphatic heterocycles. The van der Waals surface area contributed by atoms with Crippen LogP contribution in [0.4, 0.5) is 10.5 Å². The summed E-state index contributed by atoms with van der Waals surface area (Å²) in [5.74, 6) is 0.429. The van der Waals surface area contributed by atoms with Gasteiger partial charge in [0.1, 0.15) is 0 Å². The van der Waals surface area contributed by atoms with Crippen molar-refractivity contribution in [2.24, 2.45) is 5.92 Å². The molecule has 0 aliphatic rings. The van der Waals surface area contributed by atoms with E-state index >= 15 is 0 Å². The largest absolute Gasteiger partial charge is 0.337 e. The van der Waals surface area contributed by atoms with Gasteiger partial charge in [-0.3, -0.25) is 0 Å². The monoisotopic (exact) mass is 327 g/mol. The summed E-state index contributed by atoms with van der Waals surface area (Å²) in [4.78, 5) is 11.7. The van der Waals surface area contributed by atoms with Gasteiger partial charge in [-0.1, -0.05) is 32.0 Å². The Morgan fingerprint density at radius 3 is 2.36 bits per heavy atom. The van der Waals surface area contributed by atoms with Crippen LogP contribution in [-0.4, -0.2) is 44.6 Å². The number of para-hydroxylation sites is 1. The molecule has 0 spiro atoms. The maximum atomic E-state index is 11.7. The van der Waals surface area contributed by atoms with Gasteiger partial charge in [-0.2, -0.15) is 0 Å². The summed E-state index contributed by atoms with van der Waals surface area (Å²) in [6.07, 6.45) is 1.99. The number of urea groups is 1. The van der Waals surface area contributed by atoms with Gasteiger partial charge in [0.15, 0.2) is 0 Å². The normalized spacial score (nSPS) is 11.7. The Kier molecular flexibility index (Phi) is 7.34. The molecule has 0 radical (unpaired) electrons. The third-order valence-electron chi connectivity index (χ3n) is 3.10. The van der Waals surface area contributed by atoms with Crippen molar-refractivity contribution >= 4 is 21.7 Å². The molecule has 124 valence electrons. The van der Waals surface area contributed by atoms with E-state index in [-0.39, 0.29) is 19.1 Å². The number of hydrogen-bond donors (Lipinski definition) is 2. The Balaban J connectivity index is 2.40. The van der Waals surface area contributed by atoms with Crippen LogP contribution in [-0.2, 0) is 10.0 Å². The predicted octanol–water partition coefficient (Wildman–Crippen LogP) is 2.12. The summed E-state index contributed by atoms with van der Waals surface area (Å²) in [6.45, 7) is 5.11. The lowest BCUT2D eigenvalue weighted by atomic mass is 10.1. The molecule has 0 bridgehead atoms. The van der Waals surface area contributed by atoms with Crippen LogP contribution in [0.3, 0.4) is 0 Å². The molecule has 0 aliphatic carbocycles. The van der Waals surface area contributed by atoms with E-state index in [0.717, 1.165) is 6.42 Å². The number of sulfonamides is 1. The Hall–Kier alpha value is -1.60. The summed E-state index contributed by atoms with van der Waals surface area (Å²) in [7, 11) is -3.26. The van der Waals surface area contributed by atoms with Crippen molar-refractivity contribution in [1.82, 2.24) is 9.62 Å². The van der Waals surface area contributed by atoms with Crippen molar-refractivity contribution in [3.8, 4) is 0 Å². The maximum Gasteiger partial charge on any atom is 0.319 e. The van der Waals surface area contributed by atoms with E-state index in [4.69, 9.17) is 0 Å². The number of amides is 2. The highest BCUT2D eigenvalue weighted by Crippen LogP contribution is 2.06. The van der Waals surface area contributed by atoms with Gasteiger partial charge < -0.3 is 10.6 Å². The molecule has 0 heterocycles. The van der Waals surface area contributed by atoms with Crippen molar-refractivity contribution in [2.45, 2.75) is 20.3 Å². The number of carbonyl (C=O) groups excluding carboxylic acids is 1. The molecular weight excluding hydrogens is 302 g/mol. The van der Waals surface area contributed by atoms with E-state index in [9.17, 15) is 13.2 Å². The predicted molar refractivity (Wildman–Crippen MR) is 89.3 cm³/mol. The van der Waals surface area contributed by atoms with Crippen LogP contribution < -0.4 is 10.6 Å². The minimum Gasteiger partial charge on any atom is -0.337 e. The molecule has 0 unspecified atom stereocenters. The van der Waals surface area contributed by atoms with Gasteiger partial charge in [-0.25, -0.2) is 17.5 Å². The number of anilines is 1. The van der Waals surface area contributed by atoms with Crippen LogP contribution in [0.5, 0.6) is 0 Å². The van der Waals surface area contributed by atoms with Crippen molar-refractivity contribution in [3.63, 3.8) is 0 Å². The second kappa shape index (κ2) is 8.75. The molecule has 0 aromatic heterocycles. The van der Waals surface area contributed by atoms with Gasteiger partial charge in [-0.05, 0) is 24.5 Å². The standard InChI is InChI=1S/C15H25N3O3S/c1-13(2)9-11-18(22(3,20)21)12-10-16-15(19)17-14-7-5-4-6-8-14/h4-8,13H,9-12H2,1-3H3,(H2,16,17,19). The summed E-state index contributed by atoms with van der Waals surface area (Å²) < 4.78 is 24.8. The van der Waals surface area contributed by atoms with Gasteiger partial charge in [0.25, 0.3) is 0 Å². The van der Waals surface area contributed by atoms with E-state index in [1.165, 1.54) is 10.6 Å². The molecule has 1 aromatic rings. The molecule has 1 rings (SSSR count). The third kappa shape index (κ3) is 7.42. The molecule has 6 nitrogen and oxygen atoms in total. The fraction of sp³-hybridized carbons (Fsp3) is 0.533. The Bertz CT molecular complexity index is 559. The molecule has 2 amide bonds. The fourth-order valence-electron chi connectivity index (χ4n) is 1.84. The van der Waals surface area contributed by atoms with Gasteiger partial charge >= 0.3 is 6.03 Å². The number of rotatable bonds is 8. The Labute approximate surface area is 132 Å². The number of nitrogens with zero attached hydrogens (tertiary/aromatic N) is 1. The van der Waals surface area contributed by atoms with Gasteiger partial charge in [-0.15, -0.1) is 0 Å². The highest BCUT2D eigenvalue weighted by atomic mass is 32.2. The van der Waals surface area contributed by atoms with Crippen LogP contribution in [0.2, 0.25) is 0 Å². The molecule has 2 N–H and O–H groups in total. The Morgan fingerprint density at radius 2 is 1.82 bits per heavy atom. The topological polar surface area (TPSA) is 78.5 Å². The van der Waals surface area contributed by atoms with E-state index in [1.54, 1.807) is 12.1 Å². The molecule has 0 saturated heterocycles. The van der Waals surface area contributed by atoms with Crippen molar-refractivity contribution in [1.29, 1.82) is 0 Å². The lowest BCUT2D eigenvalue weighted by molar-refractivity contribution is 0.251. The zero-order valence-corrected chi connectivity index (χ0v) is 14.2. The second-order valence-corrected chi connectivity index (χ2v) is 7.57. The first-order chi connectivity index (χ1) is 10.3. The average molecular weight is 327 g/mol. The summed E-state index contributed by atoms with van der Waals surface area (Å²) in [5.41, 5.74) is 0.694. The van der Waals surface area contributed by atoms with E-state index in [1.807, 2.05) is 32.0 Å². The molecule has 22 heavy (non-hydrogen) atoms. The second-order valence-electron chi connectivity index (χ2n) is 5.59. The highest BCUT2D eigenvalue weighted by molar-refractivity contribution is 7.88. The maximum absolute atomic E-state index is 11.7.